The van der Waals surface area contributed by atoms with E-state index in [2.05, 4.69) is 20.1 Å². The quantitative estimate of drug-likeness (QED) is 0.291. The van der Waals surface area contributed by atoms with Crippen molar-refractivity contribution in [3.8, 4) is 0 Å². The maximum Gasteiger partial charge on any atom is 0.401 e. The zero-order valence-electron chi connectivity index (χ0n) is 15.8. The predicted molar refractivity (Wildman–Crippen MR) is 113 cm³/mol. The maximum atomic E-state index is 13.1. The fourth-order valence-corrected chi connectivity index (χ4v) is 3.66. The Hall–Kier alpha value is -1.30. The van der Waals surface area contributed by atoms with Crippen LogP contribution in [0.1, 0.15) is 6.42 Å². The van der Waals surface area contributed by atoms with Crippen molar-refractivity contribution in [1.29, 1.82) is 0 Å². The number of nitrogens with one attached hydrogen (secondary N) is 1. The molecule has 2 fully saturated rings. The number of halogens is 5. The minimum atomic E-state index is -4.16. The van der Waals surface area contributed by atoms with Gasteiger partial charge >= 0.3 is 6.18 Å². The lowest BCUT2D eigenvalue weighted by atomic mass is 10.2. The first-order chi connectivity index (χ1) is 12.8. The number of piperazine rings is 1. The van der Waals surface area contributed by atoms with E-state index in [1.54, 1.807) is 19.2 Å². The van der Waals surface area contributed by atoms with Crippen LogP contribution < -0.4 is 10.2 Å². The second-order valence-corrected chi connectivity index (χ2v) is 6.98. The number of anilines is 1. The van der Waals surface area contributed by atoms with Crippen LogP contribution in [-0.4, -0.2) is 80.8 Å². The minimum absolute atomic E-state index is 0. The Bertz CT molecular complexity index is 644. The highest BCUT2D eigenvalue weighted by Crippen LogP contribution is 2.20. The summed E-state index contributed by atoms with van der Waals surface area (Å²) in [7, 11) is 1.69. The molecule has 2 aliphatic rings. The van der Waals surface area contributed by atoms with Crippen LogP contribution in [0, 0.1) is 5.82 Å². The molecular formula is C18H26F4IN5. The molecule has 1 atom stereocenters. The predicted octanol–water partition coefficient (Wildman–Crippen LogP) is 2.78. The van der Waals surface area contributed by atoms with Crippen molar-refractivity contribution >= 4 is 35.6 Å². The Balaban J connectivity index is 0.00000280. The molecule has 1 aromatic carbocycles. The molecule has 1 unspecified atom stereocenters. The molecule has 0 saturated carbocycles. The number of hydrogen-bond donors (Lipinski definition) is 1. The zero-order chi connectivity index (χ0) is 19.4. The SMILES string of the molecule is CN=C(NC1CCN(CC(F)(F)F)C1)N1CCN(c2ccc(F)cc2)CC1.I. The standard InChI is InChI=1S/C18H25F4N5.HI/c1-23-17(24-15-6-7-25(12-15)13-18(20,21)22)27-10-8-26(9-11-27)16-4-2-14(19)3-5-16;/h2-5,15H,6-13H2,1H3,(H,23,24);1H. The molecule has 28 heavy (non-hydrogen) atoms. The van der Waals surface area contributed by atoms with E-state index >= 15 is 0 Å². The topological polar surface area (TPSA) is 34.1 Å². The lowest BCUT2D eigenvalue weighted by Crippen LogP contribution is -2.54. The highest BCUT2D eigenvalue weighted by Gasteiger charge is 2.35. The molecule has 10 heteroatoms. The summed E-state index contributed by atoms with van der Waals surface area (Å²) in [5, 5.41) is 3.31. The molecule has 0 spiro atoms. The Kier molecular flexibility index (Phi) is 8.17. The number of hydrogen-bond acceptors (Lipinski definition) is 3. The lowest BCUT2D eigenvalue weighted by molar-refractivity contribution is -0.143. The van der Waals surface area contributed by atoms with Crippen molar-refractivity contribution in [3.63, 3.8) is 0 Å². The number of benzene rings is 1. The van der Waals surface area contributed by atoms with Gasteiger partial charge in [0.15, 0.2) is 5.96 Å². The third kappa shape index (κ3) is 6.36. The van der Waals surface area contributed by atoms with Gasteiger partial charge in [-0.05, 0) is 30.7 Å². The highest BCUT2D eigenvalue weighted by molar-refractivity contribution is 14.0. The van der Waals surface area contributed by atoms with Gasteiger partial charge < -0.3 is 15.1 Å². The summed E-state index contributed by atoms with van der Waals surface area (Å²) in [4.78, 5) is 10.0. The normalized spacial score (nSPS) is 21.6. The molecule has 0 aromatic heterocycles. The molecule has 158 valence electrons. The minimum Gasteiger partial charge on any atom is -0.368 e. The summed E-state index contributed by atoms with van der Waals surface area (Å²) in [6.45, 7) is 2.99. The van der Waals surface area contributed by atoms with Gasteiger partial charge in [0, 0.05) is 58.0 Å². The van der Waals surface area contributed by atoms with Gasteiger partial charge in [-0.25, -0.2) is 4.39 Å². The zero-order valence-corrected chi connectivity index (χ0v) is 18.1. The van der Waals surface area contributed by atoms with E-state index in [1.165, 1.54) is 17.0 Å². The molecule has 2 saturated heterocycles. The molecule has 0 bridgehead atoms. The van der Waals surface area contributed by atoms with Gasteiger partial charge in [-0.15, -0.1) is 24.0 Å². The van der Waals surface area contributed by atoms with Crippen LogP contribution in [0.4, 0.5) is 23.2 Å². The van der Waals surface area contributed by atoms with Crippen LogP contribution in [0.25, 0.3) is 0 Å². The van der Waals surface area contributed by atoms with Gasteiger partial charge in [0.1, 0.15) is 5.82 Å². The smallest absolute Gasteiger partial charge is 0.368 e. The Morgan fingerprint density at radius 1 is 1.11 bits per heavy atom. The van der Waals surface area contributed by atoms with Crippen LogP contribution in [0.5, 0.6) is 0 Å². The fraction of sp³-hybridized carbons (Fsp3) is 0.611. The highest BCUT2D eigenvalue weighted by atomic mass is 127. The van der Waals surface area contributed by atoms with Crippen molar-refractivity contribution in [2.75, 3.05) is 57.8 Å². The van der Waals surface area contributed by atoms with Gasteiger partial charge in [-0.3, -0.25) is 9.89 Å². The van der Waals surface area contributed by atoms with Crippen LogP contribution >= 0.6 is 24.0 Å². The van der Waals surface area contributed by atoms with E-state index in [9.17, 15) is 17.6 Å². The molecule has 0 amide bonds. The van der Waals surface area contributed by atoms with Gasteiger partial charge in [0.2, 0.25) is 0 Å². The van der Waals surface area contributed by atoms with Crippen LogP contribution in [-0.2, 0) is 0 Å². The van der Waals surface area contributed by atoms with E-state index in [-0.39, 0.29) is 35.8 Å². The molecular weight excluding hydrogens is 489 g/mol. The number of likely N-dealkylation sites (tertiary alicyclic amines) is 1. The number of rotatable bonds is 3. The van der Waals surface area contributed by atoms with Crippen molar-refractivity contribution < 1.29 is 17.6 Å². The first-order valence-corrected chi connectivity index (χ1v) is 9.12. The van der Waals surface area contributed by atoms with Crippen molar-refractivity contribution in [2.45, 2.75) is 18.6 Å². The van der Waals surface area contributed by atoms with Gasteiger partial charge in [-0.1, -0.05) is 0 Å². The monoisotopic (exact) mass is 515 g/mol. The molecule has 0 aliphatic carbocycles. The Morgan fingerprint density at radius 2 is 1.75 bits per heavy atom. The second kappa shape index (κ2) is 9.95. The summed E-state index contributed by atoms with van der Waals surface area (Å²) in [5.74, 6) is 0.478. The molecule has 3 rings (SSSR count). The van der Waals surface area contributed by atoms with Crippen molar-refractivity contribution in [3.05, 3.63) is 30.1 Å². The van der Waals surface area contributed by atoms with E-state index in [4.69, 9.17) is 0 Å². The number of nitrogens with zero attached hydrogens (tertiary/aromatic N) is 4. The maximum absolute atomic E-state index is 13.1. The summed E-state index contributed by atoms with van der Waals surface area (Å²) < 4.78 is 50.7. The van der Waals surface area contributed by atoms with E-state index in [1.807, 2.05) is 0 Å². The average molecular weight is 515 g/mol. The number of aliphatic imine (C=N–C) groups is 1. The van der Waals surface area contributed by atoms with Crippen LogP contribution in [0.2, 0.25) is 0 Å². The van der Waals surface area contributed by atoms with E-state index < -0.39 is 12.7 Å². The summed E-state index contributed by atoms with van der Waals surface area (Å²) in [6.07, 6.45) is -3.49. The summed E-state index contributed by atoms with van der Waals surface area (Å²) in [6, 6.07) is 6.42. The molecule has 2 heterocycles. The largest absolute Gasteiger partial charge is 0.401 e. The van der Waals surface area contributed by atoms with Gasteiger partial charge in [0.05, 0.1) is 6.54 Å². The van der Waals surface area contributed by atoms with Crippen molar-refractivity contribution in [1.82, 2.24) is 15.1 Å². The van der Waals surface area contributed by atoms with Crippen molar-refractivity contribution in [2.24, 2.45) is 4.99 Å². The number of alkyl halides is 3. The summed E-state index contributed by atoms with van der Waals surface area (Å²) >= 11 is 0. The Labute approximate surface area is 179 Å². The van der Waals surface area contributed by atoms with E-state index in [0.717, 1.165) is 37.8 Å². The lowest BCUT2D eigenvalue weighted by Gasteiger charge is -2.38. The Morgan fingerprint density at radius 3 is 2.32 bits per heavy atom. The number of guanidine groups is 1. The molecule has 5 nitrogen and oxygen atoms in total. The second-order valence-electron chi connectivity index (χ2n) is 6.98. The first kappa shape index (κ1) is 23.0. The first-order valence-electron chi connectivity index (χ1n) is 9.12. The van der Waals surface area contributed by atoms with Gasteiger partial charge in [-0.2, -0.15) is 13.2 Å². The molecule has 1 N–H and O–H groups in total. The molecule has 1 aromatic rings. The molecule has 2 aliphatic heterocycles. The van der Waals surface area contributed by atoms with Crippen LogP contribution in [0.3, 0.4) is 0 Å². The fourth-order valence-electron chi connectivity index (χ4n) is 3.66. The van der Waals surface area contributed by atoms with Crippen LogP contribution in [0.15, 0.2) is 29.3 Å². The average Bonchev–Trinajstić information content (AvgIpc) is 3.05. The third-order valence-corrected chi connectivity index (χ3v) is 4.99. The van der Waals surface area contributed by atoms with E-state index in [0.29, 0.717) is 19.5 Å². The van der Waals surface area contributed by atoms with Gasteiger partial charge in [0.25, 0.3) is 0 Å². The summed E-state index contributed by atoms with van der Waals surface area (Å²) in [5.41, 5.74) is 0.984. The molecule has 0 radical (unpaired) electrons. The third-order valence-electron chi connectivity index (χ3n) is 4.99.